The lowest BCUT2D eigenvalue weighted by Gasteiger charge is -2.13. The zero-order valence-corrected chi connectivity index (χ0v) is 11.1. The van der Waals surface area contributed by atoms with Crippen molar-refractivity contribution < 1.29 is 22.9 Å². The monoisotopic (exact) mass is 275 g/mol. The third kappa shape index (κ3) is 3.29. The molecular formula is C10H15BFNO4S. The van der Waals surface area contributed by atoms with Gasteiger partial charge in [0.15, 0.2) is 0 Å². The van der Waals surface area contributed by atoms with Crippen LogP contribution in [0.1, 0.15) is 19.4 Å². The maximum Gasteiger partial charge on any atom is 0.491 e. The zero-order valence-electron chi connectivity index (χ0n) is 10.3. The van der Waals surface area contributed by atoms with Crippen molar-refractivity contribution in [3.8, 4) is 0 Å². The average Bonchev–Trinajstić information content (AvgIpc) is 2.13. The number of halogens is 1. The van der Waals surface area contributed by atoms with Crippen molar-refractivity contribution in [2.24, 2.45) is 0 Å². The van der Waals surface area contributed by atoms with Crippen molar-refractivity contribution in [2.75, 3.05) is 0 Å². The number of rotatable bonds is 4. The molecule has 100 valence electrons. The Morgan fingerprint density at radius 1 is 1.33 bits per heavy atom. The van der Waals surface area contributed by atoms with Gasteiger partial charge in [0.1, 0.15) is 5.82 Å². The highest BCUT2D eigenvalue weighted by Crippen LogP contribution is 2.15. The molecule has 0 aromatic heterocycles. The second-order valence-electron chi connectivity index (χ2n) is 4.29. The summed E-state index contributed by atoms with van der Waals surface area (Å²) in [5.41, 5.74) is -0.269. The van der Waals surface area contributed by atoms with Gasteiger partial charge in [-0.3, -0.25) is 0 Å². The fourth-order valence-electron chi connectivity index (χ4n) is 1.53. The quantitative estimate of drug-likeness (QED) is 0.647. The summed E-state index contributed by atoms with van der Waals surface area (Å²) in [6, 6.07) is 1.57. The van der Waals surface area contributed by atoms with Gasteiger partial charge in [0.05, 0.1) is 4.90 Å². The molecule has 0 aliphatic heterocycles. The average molecular weight is 275 g/mol. The maximum absolute atomic E-state index is 13.4. The summed E-state index contributed by atoms with van der Waals surface area (Å²) in [7, 11) is -5.86. The molecule has 1 rings (SSSR count). The maximum atomic E-state index is 13.4. The van der Waals surface area contributed by atoms with E-state index in [4.69, 9.17) is 10.0 Å². The number of hydrogen-bond donors (Lipinski definition) is 3. The molecule has 0 bridgehead atoms. The Kier molecular flexibility index (Phi) is 4.49. The highest BCUT2D eigenvalue weighted by Gasteiger charge is 2.24. The van der Waals surface area contributed by atoms with Gasteiger partial charge in [-0.05, 0) is 38.5 Å². The minimum atomic E-state index is -3.80. The first kappa shape index (κ1) is 15.1. The van der Waals surface area contributed by atoms with E-state index in [-0.39, 0.29) is 16.5 Å². The van der Waals surface area contributed by atoms with Gasteiger partial charge in [0.2, 0.25) is 10.0 Å². The van der Waals surface area contributed by atoms with Crippen LogP contribution in [-0.4, -0.2) is 31.6 Å². The van der Waals surface area contributed by atoms with E-state index in [9.17, 15) is 12.8 Å². The van der Waals surface area contributed by atoms with E-state index in [1.165, 1.54) is 6.92 Å². The topological polar surface area (TPSA) is 86.6 Å². The number of hydrogen-bond acceptors (Lipinski definition) is 4. The van der Waals surface area contributed by atoms with E-state index < -0.39 is 28.4 Å². The summed E-state index contributed by atoms with van der Waals surface area (Å²) in [6.45, 7) is 4.74. The van der Waals surface area contributed by atoms with E-state index in [1.54, 1.807) is 13.8 Å². The number of sulfonamides is 1. The lowest BCUT2D eigenvalue weighted by Crippen LogP contribution is -2.36. The van der Waals surface area contributed by atoms with Crippen LogP contribution < -0.4 is 10.2 Å². The second-order valence-corrected chi connectivity index (χ2v) is 5.97. The Labute approximate surface area is 106 Å². The number of benzene rings is 1. The standard InChI is InChI=1S/C10H15BFNO4S/c1-6(2)13-18(16,17)10-5-8(11(14)15)9(12)4-7(10)3/h4-6,13-15H,1-3H3. The molecule has 3 N–H and O–H groups in total. The van der Waals surface area contributed by atoms with Crippen molar-refractivity contribution in [3.05, 3.63) is 23.5 Å². The smallest absolute Gasteiger partial charge is 0.423 e. The van der Waals surface area contributed by atoms with Gasteiger partial charge in [-0.25, -0.2) is 17.5 Å². The van der Waals surface area contributed by atoms with Crippen molar-refractivity contribution in [1.82, 2.24) is 4.72 Å². The highest BCUT2D eigenvalue weighted by molar-refractivity contribution is 7.89. The Morgan fingerprint density at radius 2 is 1.89 bits per heavy atom. The van der Waals surface area contributed by atoms with Crippen LogP contribution in [0.2, 0.25) is 0 Å². The Hall–Kier alpha value is -0.955. The van der Waals surface area contributed by atoms with Crippen LogP contribution in [0.3, 0.4) is 0 Å². The molecule has 0 spiro atoms. The van der Waals surface area contributed by atoms with Gasteiger partial charge in [0.25, 0.3) is 0 Å². The summed E-state index contributed by atoms with van der Waals surface area (Å²) in [6.07, 6.45) is 0. The fourth-order valence-corrected chi connectivity index (χ4v) is 3.04. The number of nitrogens with one attached hydrogen (secondary N) is 1. The molecule has 0 heterocycles. The van der Waals surface area contributed by atoms with Crippen LogP contribution in [-0.2, 0) is 10.0 Å². The molecule has 0 unspecified atom stereocenters. The molecule has 0 aliphatic carbocycles. The number of aryl methyl sites for hydroxylation is 1. The van der Waals surface area contributed by atoms with Gasteiger partial charge < -0.3 is 10.0 Å². The summed E-state index contributed by atoms with van der Waals surface area (Å²) in [5, 5.41) is 17.9. The molecule has 1 aromatic rings. The van der Waals surface area contributed by atoms with E-state index in [1.807, 2.05) is 0 Å². The first-order valence-corrected chi connectivity index (χ1v) is 6.82. The highest BCUT2D eigenvalue weighted by atomic mass is 32.2. The lowest BCUT2D eigenvalue weighted by molar-refractivity contribution is 0.423. The molecule has 8 heteroatoms. The van der Waals surface area contributed by atoms with Crippen LogP contribution in [0, 0.1) is 12.7 Å². The van der Waals surface area contributed by atoms with Crippen LogP contribution >= 0.6 is 0 Å². The van der Waals surface area contributed by atoms with Crippen molar-refractivity contribution in [2.45, 2.75) is 31.7 Å². The van der Waals surface area contributed by atoms with Crippen LogP contribution in [0.4, 0.5) is 4.39 Å². The van der Waals surface area contributed by atoms with Crippen LogP contribution in [0.25, 0.3) is 0 Å². The van der Waals surface area contributed by atoms with Crippen LogP contribution in [0.15, 0.2) is 17.0 Å². The molecule has 0 saturated carbocycles. The van der Waals surface area contributed by atoms with Gasteiger partial charge in [-0.15, -0.1) is 0 Å². The fraction of sp³-hybridized carbons (Fsp3) is 0.400. The molecule has 0 amide bonds. The van der Waals surface area contributed by atoms with Crippen LogP contribution in [0.5, 0.6) is 0 Å². The van der Waals surface area contributed by atoms with Crippen molar-refractivity contribution in [1.29, 1.82) is 0 Å². The van der Waals surface area contributed by atoms with Gasteiger partial charge in [0, 0.05) is 11.5 Å². The summed E-state index contributed by atoms with van der Waals surface area (Å²) in [4.78, 5) is -0.166. The minimum absolute atomic E-state index is 0.166. The summed E-state index contributed by atoms with van der Waals surface area (Å²) >= 11 is 0. The Balaban J connectivity index is 3.37. The molecule has 1 aromatic carbocycles. The summed E-state index contributed by atoms with van der Waals surface area (Å²) in [5.74, 6) is -0.856. The normalized spacial score (nSPS) is 11.9. The third-order valence-corrected chi connectivity index (χ3v) is 4.05. The van der Waals surface area contributed by atoms with E-state index in [0.29, 0.717) is 0 Å². The van der Waals surface area contributed by atoms with E-state index >= 15 is 0 Å². The molecule has 5 nitrogen and oxygen atoms in total. The molecule has 0 saturated heterocycles. The van der Waals surface area contributed by atoms with Gasteiger partial charge in [-0.1, -0.05) is 0 Å². The van der Waals surface area contributed by atoms with Crippen molar-refractivity contribution >= 4 is 22.6 Å². The van der Waals surface area contributed by atoms with Gasteiger partial charge in [-0.2, -0.15) is 0 Å². The van der Waals surface area contributed by atoms with E-state index in [0.717, 1.165) is 12.1 Å². The predicted octanol–water partition coefficient (Wildman–Crippen LogP) is -0.499. The Bertz CT molecular complexity index is 545. The molecule has 18 heavy (non-hydrogen) atoms. The molecule has 0 radical (unpaired) electrons. The SMILES string of the molecule is Cc1cc(F)c(B(O)O)cc1S(=O)(=O)NC(C)C. The molecule has 0 aliphatic rings. The molecule has 0 fully saturated rings. The lowest BCUT2D eigenvalue weighted by atomic mass is 9.79. The Morgan fingerprint density at radius 3 is 2.33 bits per heavy atom. The first-order chi connectivity index (χ1) is 8.15. The summed E-state index contributed by atoms with van der Waals surface area (Å²) < 4.78 is 39.7. The molecular weight excluding hydrogens is 260 g/mol. The zero-order chi connectivity index (χ0) is 14.1. The largest absolute Gasteiger partial charge is 0.491 e. The van der Waals surface area contributed by atoms with Gasteiger partial charge >= 0.3 is 7.12 Å². The van der Waals surface area contributed by atoms with Crippen molar-refractivity contribution in [3.63, 3.8) is 0 Å². The third-order valence-electron chi connectivity index (χ3n) is 2.25. The predicted molar refractivity (Wildman–Crippen MR) is 66.4 cm³/mol. The van der Waals surface area contributed by atoms with E-state index in [2.05, 4.69) is 4.72 Å². The molecule has 0 atom stereocenters. The minimum Gasteiger partial charge on any atom is -0.423 e. The first-order valence-electron chi connectivity index (χ1n) is 5.33. The second kappa shape index (κ2) is 5.35.